The summed E-state index contributed by atoms with van der Waals surface area (Å²) >= 11 is 1.41. The van der Waals surface area contributed by atoms with Crippen LogP contribution in [0, 0.1) is 19.8 Å². The van der Waals surface area contributed by atoms with Crippen molar-refractivity contribution in [3.05, 3.63) is 59.7 Å². The number of aryl methyl sites for hydroxylation is 2. The molecule has 2 amide bonds. The van der Waals surface area contributed by atoms with Gasteiger partial charge in [-0.1, -0.05) is 48.2 Å². The van der Waals surface area contributed by atoms with Crippen molar-refractivity contribution in [2.45, 2.75) is 51.3 Å². The van der Waals surface area contributed by atoms with Gasteiger partial charge >= 0.3 is 0 Å². The Hall–Kier alpha value is -2.60. The molecular formula is C24H27N3O2S. The maximum absolute atomic E-state index is 13.3. The van der Waals surface area contributed by atoms with Gasteiger partial charge in [0.1, 0.15) is 5.25 Å². The molecule has 6 heteroatoms. The summed E-state index contributed by atoms with van der Waals surface area (Å²) in [6, 6.07) is 15.7. The van der Waals surface area contributed by atoms with Crippen molar-refractivity contribution in [3.8, 4) is 0 Å². The number of para-hydroxylation sites is 2. The summed E-state index contributed by atoms with van der Waals surface area (Å²) in [5.74, 6) is 0.370. The normalized spacial score (nSPS) is 21.2. The second-order valence-electron chi connectivity index (χ2n) is 8.14. The minimum absolute atomic E-state index is 0.00771. The number of rotatable bonds is 6. The highest BCUT2D eigenvalue weighted by atomic mass is 32.2. The van der Waals surface area contributed by atoms with Gasteiger partial charge in [-0.2, -0.15) is 0 Å². The fourth-order valence-corrected chi connectivity index (χ4v) is 4.96. The summed E-state index contributed by atoms with van der Waals surface area (Å²) in [7, 11) is 0. The fourth-order valence-electron chi connectivity index (χ4n) is 3.73. The van der Waals surface area contributed by atoms with Crippen LogP contribution in [-0.4, -0.2) is 33.2 Å². The molecule has 4 rings (SSSR count). The zero-order valence-corrected chi connectivity index (χ0v) is 18.4. The monoisotopic (exact) mass is 421 g/mol. The molecule has 0 spiro atoms. The Bertz CT molecular complexity index is 999. The quantitative estimate of drug-likeness (QED) is 0.709. The van der Waals surface area contributed by atoms with Crippen LogP contribution in [0.5, 0.6) is 0 Å². The van der Waals surface area contributed by atoms with E-state index in [0.29, 0.717) is 11.1 Å². The van der Waals surface area contributed by atoms with Crippen molar-refractivity contribution >= 4 is 40.1 Å². The van der Waals surface area contributed by atoms with Crippen molar-refractivity contribution in [3.63, 3.8) is 0 Å². The first kappa shape index (κ1) is 20.7. The largest absolute Gasteiger partial charge is 0.326 e. The van der Waals surface area contributed by atoms with Crippen molar-refractivity contribution in [1.29, 1.82) is 0 Å². The predicted molar refractivity (Wildman–Crippen MR) is 123 cm³/mol. The van der Waals surface area contributed by atoms with Crippen LogP contribution in [0.4, 0.5) is 11.4 Å². The van der Waals surface area contributed by atoms with E-state index in [0.717, 1.165) is 35.3 Å². The zero-order valence-electron chi connectivity index (χ0n) is 17.6. The highest BCUT2D eigenvalue weighted by molar-refractivity contribution is 8.15. The standard InChI is InChI=1S/C24H27N3O2S/c1-15-8-4-6-10-19(15)25-22(28)14-21-23(29)27(17(3)18-12-13-18)24(30-21)26-20-11-7-5-9-16(20)2/h4-11,17-18,21H,12-14H2,1-3H3,(H,25,28)/t17-,21-/m1/s1. The molecule has 2 aromatic carbocycles. The van der Waals surface area contributed by atoms with Crippen LogP contribution in [0.15, 0.2) is 53.5 Å². The van der Waals surface area contributed by atoms with Gasteiger partial charge < -0.3 is 5.32 Å². The minimum Gasteiger partial charge on any atom is -0.326 e. The molecule has 1 aliphatic carbocycles. The van der Waals surface area contributed by atoms with Crippen LogP contribution in [0.1, 0.15) is 37.3 Å². The van der Waals surface area contributed by atoms with Crippen molar-refractivity contribution in [1.82, 2.24) is 4.90 Å². The topological polar surface area (TPSA) is 61.8 Å². The summed E-state index contributed by atoms with van der Waals surface area (Å²) in [5.41, 5.74) is 3.72. The summed E-state index contributed by atoms with van der Waals surface area (Å²) in [5, 5.41) is 3.21. The predicted octanol–water partition coefficient (Wildman–Crippen LogP) is 5.06. The van der Waals surface area contributed by atoms with Gasteiger partial charge in [0.15, 0.2) is 5.17 Å². The third-order valence-electron chi connectivity index (χ3n) is 5.80. The van der Waals surface area contributed by atoms with Crippen molar-refractivity contribution < 1.29 is 9.59 Å². The summed E-state index contributed by atoms with van der Waals surface area (Å²) in [6.07, 6.45) is 2.43. The molecule has 1 saturated heterocycles. The molecule has 1 N–H and O–H groups in total. The summed E-state index contributed by atoms with van der Waals surface area (Å²) in [4.78, 5) is 32.6. The van der Waals surface area contributed by atoms with Crippen LogP contribution < -0.4 is 5.32 Å². The lowest BCUT2D eigenvalue weighted by Crippen LogP contribution is -2.41. The Morgan fingerprint density at radius 1 is 1.13 bits per heavy atom. The number of aliphatic imine (C=N–C) groups is 1. The molecule has 2 aliphatic rings. The van der Waals surface area contributed by atoms with E-state index in [-0.39, 0.29) is 24.3 Å². The van der Waals surface area contributed by atoms with Gasteiger partial charge in [0, 0.05) is 18.2 Å². The van der Waals surface area contributed by atoms with E-state index >= 15 is 0 Å². The maximum Gasteiger partial charge on any atom is 0.242 e. The maximum atomic E-state index is 13.3. The number of carbonyl (C=O) groups is 2. The molecule has 30 heavy (non-hydrogen) atoms. The van der Waals surface area contributed by atoms with E-state index in [2.05, 4.69) is 12.2 Å². The van der Waals surface area contributed by atoms with Gasteiger partial charge in [0.05, 0.1) is 5.69 Å². The molecule has 0 aromatic heterocycles. The van der Waals surface area contributed by atoms with Crippen LogP contribution in [-0.2, 0) is 9.59 Å². The Kier molecular flexibility index (Phi) is 5.95. The van der Waals surface area contributed by atoms with Gasteiger partial charge in [0.2, 0.25) is 11.8 Å². The first-order chi connectivity index (χ1) is 14.4. The Labute approximate surface area is 182 Å². The number of amides is 2. The Balaban J connectivity index is 1.54. The van der Waals surface area contributed by atoms with Crippen LogP contribution in [0.2, 0.25) is 0 Å². The lowest BCUT2D eigenvalue weighted by Gasteiger charge is -2.24. The average molecular weight is 422 g/mol. The Morgan fingerprint density at radius 2 is 1.80 bits per heavy atom. The molecule has 1 heterocycles. The molecule has 2 atom stereocenters. The molecule has 156 valence electrons. The van der Waals surface area contributed by atoms with Gasteiger partial charge in [-0.3, -0.25) is 14.5 Å². The highest BCUT2D eigenvalue weighted by Gasteiger charge is 2.45. The number of nitrogens with one attached hydrogen (secondary N) is 1. The van der Waals surface area contributed by atoms with Crippen LogP contribution in [0.3, 0.4) is 0 Å². The fraction of sp³-hybridized carbons (Fsp3) is 0.375. The van der Waals surface area contributed by atoms with Gasteiger partial charge in [0.25, 0.3) is 0 Å². The van der Waals surface area contributed by atoms with E-state index < -0.39 is 5.25 Å². The van der Waals surface area contributed by atoms with Gasteiger partial charge in [-0.15, -0.1) is 0 Å². The second kappa shape index (κ2) is 8.64. The third-order valence-corrected chi connectivity index (χ3v) is 6.95. The number of amidine groups is 1. The first-order valence-corrected chi connectivity index (χ1v) is 11.3. The molecule has 5 nitrogen and oxygen atoms in total. The molecule has 0 bridgehead atoms. The second-order valence-corrected chi connectivity index (χ2v) is 9.31. The van der Waals surface area contributed by atoms with E-state index in [1.54, 1.807) is 0 Å². The van der Waals surface area contributed by atoms with Crippen LogP contribution in [0.25, 0.3) is 0 Å². The zero-order chi connectivity index (χ0) is 21.3. The Morgan fingerprint density at radius 3 is 2.47 bits per heavy atom. The number of thioether (sulfide) groups is 1. The highest BCUT2D eigenvalue weighted by Crippen LogP contribution is 2.41. The number of carbonyl (C=O) groups excluding carboxylic acids is 2. The molecule has 2 aromatic rings. The molecule has 2 fully saturated rings. The lowest BCUT2D eigenvalue weighted by atomic mass is 10.1. The third kappa shape index (κ3) is 4.43. The molecule has 1 aliphatic heterocycles. The smallest absolute Gasteiger partial charge is 0.242 e. The van der Waals surface area contributed by atoms with Crippen LogP contribution >= 0.6 is 11.8 Å². The lowest BCUT2D eigenvalue weighted by molar-refractivity contribution is -0.129. The number of benzene rings is 2. The molecular weight excluding hydrogens is 394 g/mol. The van der Waals surface area contributed by atoms with E-state index in [4.69, 9.17) is 4.99 Å². The van der Waals surface area contributed by atoms with Crippen molar-refractivity contribution in [2.75, 3.05) is 5.32 Å². The van der Waals surface area contributed by atoms with E-state index in [1.807, 2.05) is 67.3 Å². The first-order valence-electron chi connectivity index (χ1n) is 10.4. The number of hydrogen-bond donors (Lipinski definition) is 1. The summed E-state index contributed by atoms with van der Waals surface area (Å²) < 4.78 is 0. The summed E-state index contributed by atoms with van der Waals surface area (Å²) in [6.45, 7) is 6.07. The average Bonchev–Trinajstić information content (AvgIpc) is 3.52. The number of nitrogens with zero attached hydrogens (tertiary/aromatic N) is 2. The van der Waals surface area contributed by atoms with Gasteiger partial charge in [-0.05, 0) is 62.8 Å². The van der Waals surface area contributed by atoms with Crippen molar-refractivity contribution in [2.24, 2.45) is 10.9 Å². The number of anilines is 1. The SMILES string of the molecule is Cc1ccccc1N=C1S[C@H](CC(=O)Nc2ccccc2C)C(=O)N1[C@H](C)C1CC1. The van der Waals surface area contributed by atoms with E-state index in [9.17, 15) is 9.59 Å². The molecule has 0 radical (unpaired) electrons. The number of hydrogen-bond acceptors (Lipinski definition) is 4. The van der Waals surface area contributed by atoms with E-state index in [1.165, 1.54) is 11.8 Å². The van der Waals surface area contributed by atoms with Gasteiger partial charge in [-0.25, -0.2) is 4.99 Å². The molecule has 0 unspecified atom stereocenters. The molecule has 1 saturated carbocycles. The minimum atomic E-state index is -0.446.